The molecule has 0 saturated carbocycles. The number of nitrogens with two attached hydrogens (primary N) is 2. The van der Waals surface area contributed by atoms with Crippen molar-refractivity contribution < 1.29 is 66.9 Å². The predicted molar refractivity (Wildman–Crippen MR) is 266 cm³/mol. The highest BCUT2D eigenvalue weighted by atomic mass is 32.3. The van der Waals surface area contributed by atoms with Crippen LogP contribution < -0.4 is 16.8 Å². The molecule has 4 saturated heterocycles. The smallest absolute Gasteiger partial charge is 0.418 e. The number of unbranched alkanes of at least 4 members (excludes halogenated alkanes) is 4. The molecule has 6 rings (SSSR count). The number of nitrogens with one attached hydrogen (secondary N) is 1. The molecular weight excluding hydrogens is 1010 g/mol. The fraction of sp³-hybridized carbons (Fsp3) is 0.795. The number of guanidine groups is 1. The molecule has 2 aromatic rings. The molecule has 0 spiro atoms. The lowest BCUT2D eigenvalue weighted by Crippen LogP contribution is -2.50. The van der Waals surface area contributed by atoms with Gasteiger partial charge in [-0.15, -0.1) is 24.7 Å². The third-order valence-electron chi connectivity index (χ3n) is 12.4. The molecule has 74 heavy (non-hydrogen) atoms. The molecule has 4 atom stereocenters. The summed E-state index contributed by atoms with van der Waals surface area (Å²) in [6.07, 6.45) is 12.9. The number of alkyl carbamates (subject to hydrolysis) is 1. The minimum absolute atomic E-state index is 0.0420. The zero-order valence-electron chi connectivity index (χ0n) is 44.0. The fourth-order valence-electron chi connectivity index (χ4n) is 8.91. The van der Waals surface area contributed by atoms with E-state index in [-0.39, 0.29) is 49.8 Å². The Morgan fingerprint density at radius 2 is 1.16 bits per heavy atom. The second-order valence-corrected chi connectivity index (χ2v) is 21.6. The van der Waals surface area contributed by atoms with Crippen molar-refractivity contribution in [2.24, 2.45) is 21.5 Å². The predicted octanol–water partition coefficient (Wildman–Crippen LogP) is 4.45. The Morgan fingerprint density at radius 3 is 1.54 bits per heavy atom. The van der Waals surface area contributed by atoms with E-state index in [0.717, 1.165) is 0 Å². The topological polar surface area (TPSA) is 370 Å². The number of hydrogen-bond acceptors (Lipinski definition) is 19. The number of hydroxylamine groups is 4. The molecule has 0 unspecified atom stereocenters. The third-order valence-corrected chi connectivity index (χ3v) is 13.1. The Hall–Kier alpha value is -5.27. The number of carbonyl (C=O) groups excluding carboxylic acids is 3. The van der Waals surface area contributed by atoms with Gasteiger partial charge in [0, 0.05) is 32.5 Å². The summed E-state index contributed by atoms with van der Waals surface area (Å²) < 4.78 is 89.6. The number of piperidine rings is 2. The second-order valence-electron chi connectivity index (χ2n) is 19.6. The van der Waals surface area contributed by atoms with Crippen molar-refractivity contribution in [2.75, 3.05) is 52.4 Å². The zero-order valence-corrected chi connectivity index (χ0v) is 45.6. The summed E-state index contributed by atoms with van der Waals surface area (Å²) in [5.41, 5.74) is 9.84. The Morgan fingerprint density at radius 1 is 0.743 bits per heavy atom. The number of hydrogen-bond donors (Lipinski definition) is 4. The first-order valence-electron chi connectivity index (χ1n) is 25.4. The molecule has 420 valence electrons. The standard InChI is InChI=1S/C17H26N6O8S.C16H36N.C11H17N7O6S/c1-10(19-15(24)30-17(2,3)4)18-8-7-13-20-21-14(29-13)12-6-5-11-9-22(12)16(25)23(11)31-32(26,27)28;1-5-9-13-17(14-10-6-2,15-11-7-3)16-12-8-4;12-10(13)14-4-3-8-15-16-9(23-8)7-2-1-6-5-17(7)11(19)18(6)24-25(20,21)22/h11-12H,5-9H2,1-4H3,(H,18,19,24)(H,26,27,28);5-16H2,1-4H3;6-7H,1-5H2,(H4,12,13,14)(H,20,21,22)/q;+1;/p-1/t11-,12+;;6-,7+/m1.1/s1. The zero-order chi connectivity index (χ0) is 54.9. The Bertz CT molecular complexity index is 2370. The molecule has 28 nitrogen and oxygen atoms in total. The third kappa shape index (κ3) is 19.5. The molecular formula is C44H78N14O14S2. The SMILES string of the molecule is CC(=NCCc1nnc([C@@H]2CC[C@@H]3CN2C(=O)N3OS(=O)(=O)[O-])o1)NC(=O)OC(C)(C)C.CCCC[N+](CCCC)(CCCC)CCCC.NC(N)=NCCc1nnc([C@@H]2CC[C@@H]3CN2C(=O)N3OS(=O)(=O)O)o1. The van der Waals surface area contributed by atoms with Gasteiger partial charge in [0.25, 0.3) is 0 Å². The van der Waals surface area contributed by atoms with Crippen LogP contribution in [0.4, 0.5) is 14.4 Å². The number of fused-ring (bicyclic) bond motifs is 4. The van der Waals surface area contributed by atoms with Gasteiger partial charge in [0.15, 0.2) is 5.96 Å². The van der Waals surface area contributed by atoms with Gasteiger partial charge in [0.2, 0.25) is 34.0 Å². The van der Waals surface area contributed by atoms with Crippen LogP contribution in [0.3, 0.4) is 0 Å². The van der Waals surface area contributed by atoms with Crippen molar-refractivity contribution in [3.05, 3.63) is 23.6 Å². The van der Waals surface area contributed by atoms with Crippen molar-refractivity contribution in [3.63, 3.8) is 0 Å². The minimum Gasteiger partial charge on any atom is -0.724 e. The Kier molecular flexibility index (Phi) is 23.2. The molecule has 4 bridgehead atoms. The van der Waals surface area contributed by atoms with E-state index in [1.54, 1.807) is 27.7 Å². The molecule has 4 aliphatic rings. The number of aromatic nitrogens is 4. The van der Waals surface area contributed by atoms with Gasteiger partial charge in [-0.2, -0.15) is 22.8 Å². The van der Waals surface area contributed by atoms with E-state index in [0.29, 0.717) is 60.4 Å². The molecule has 30 heteroatoms. The van der Waals surface area contributed by atoms with Gasteiger partial charge in [-0.25, -0.2) is 22.8 Å². The first-order valence-corrected chi connectivity index (χ1v) is 28.1. The maximum Gasteiger partial charge on any atom is 0.418 e. The number of quaternary nitrogens is 1. The maximum absolute atomic E-state index is 12.4. The van der Waals surface area contributed by atoms with Crippen LogP contribution in [0.15, 0.2) is 18.8 Å². The van der Waals surface area contributed by atoms with E-state index in [1.807, 2.05) is 0 Å². The van der Waals surface area contributed by atoms with Gasteiger partial charge in [0.1, 0.15) is 23.5 Å². The van der Waals surface area contributed by atoms with Crippen molar-refractivity contribution in [3.8, 4) is 0 Å². The summed E-state index contributed by atoms with van der Waals surface area (Å²) in [5.74, 6) is 1.37. The van der Waals surface area contributed by atoms with Crippen LogP contribution in [0.5, 0.6) is 0 Å². The minimum atomic E-state index is -5.06. The molecule has 5 amide bonds. The molecule has 2 aromatic heterocycles. The largest absolute Gasteiger partial charge is 0.724 e. The lowest BCUT2D eigenvalue weighted by Gasteiger charge is -2.39. The fourth-order valence-corrected chi connectivity index (χ4v) is 9.68. The van der Waals surface area contributed by atoms with Crippen LogP contribution in [-0.4, -0.2) is 171 Å². The van der Waals surface area contributed by atoms with Crippen molar-refractivity contribution >= 4 is 50.7 Å². The molecule has 0 aromatic carbocycles. The average Bonchev–Trinajstić information content (AvgIpc) is 4.09. The van der Waals surface area contributed by atoms with Crippen LogP contribution in [0.25, 0.3) is 0 Å². The lowest BCUT2D eigenvalue weighted by molar-refractivity contribution is -0.929. The van der Waals surface area contributed by atoms with Gasteiger partial charge >= 0.3 is 28.6 Å². The van der Waals surface area contributed by atoms with E-state index < -0.39 is 68.7 Å². The normalized spacial score (nSPS) is 20.0. The van der Waals surface area contributed by atoms with Crippen LogP contribution in [0.2, 0.25) is 0 Å². The van der Waals surface area contributed by atoms with E-state index in [4.69, 9.17) is 29.6 Å². The van der Waals surface area contributed by atoms with E-state index in [1.165, 1.54) is 91.8 Å². The summed E-state index contributed by atoms with van der Waals surface area (Å²) in [7, 11) is -9.84. The second kappa shape index (κ2) is 28.0. The highest BCUT2D eigenvalue weighted by Crippen LogP contribution is 2.39. The first-order chi connectivity index (χ1) is 34.8. The van der Waals surface area contributed by atoms with Gasteiger partial charge in [0.05, 0.1) is 44.8 Å². The number of urea groups is 2. The first kappa shape index (κ1) is 61.3. The highest BCUT2D eigenvalue weighted by molar-refractivity contribution is 7.81. The number of aliphatic imine (C=N–C) groups is 2. The quantitative estimate of drug-likeness (QED) is 0.0371. The number of amidine groups is 1. The van der Waals surface area contributed by atoms with Crippen molar-refractivity contribution in [2.45, 2.75) is 175 Å². The molecule has 0 aliphatic carbocycles. The Labute approximate surface area is 434 Å². The van der Waals surface area contributed by atoms with Gasteiger partial charge in [-0.1, -0.05) is 53.4 Å². The highest BCUT2D eigenvalue weighted by Gasteiger charge is 2.50. The summed E-state index contributed by atoms with van der Waals surface area (Å²) in [4.78, 5) is 47.2. The summed E-state index contributed by atoms with van der Waals surface area (Å²) in [5, 5.41) is 19.5. The van der Waals surface area contributed by atoms with Crippen LogP contribution in [0, 0.1) is 0 Å². The van der Waals surface area contributed by atoms with E-state index >= 15 is 0 Å². The summed E-state index contributed by atoms with van der Waals surface area (Å²) >= 11 is 0. The van der Waals surface area contributed by atoms with Gasteiger partial charge in [-0.05, 0) is 79.1 Å². The van der Waals surface area contributed by atoms with Crippen molar-refractivity contribution in [1.82, 2.24) is 45.6 Å². The van der Waals surface area contributed by atoms with Crippen molar-refractivity contribution in [1.29, 1.82) is 0 Å². The number of ether oxygens (including phenoxy) is 1. The number of carbonyl (C=O) groups is 3. The number of nitrogens with zero attached hydrogens (tertiary/aromatic N) is 11. The molecule has 0 radical (unpaired) electrons. The van der Waals surface area contributed by atoms with Crippen LogP contribution in [0.1, 0.15) is 168 Å². The van der Waals surface area contributed by atoms with E-state index in [9.17, 15) is 35.8 Å². The number of amides is 5. The Balaban J connectivity index is 0.000000253. The van der Waals surface area contributed by atoms with E-state index in [2.05, 4.69) is 72.0 Å². The molecule has 4 fully saturated rings. The van der Waals surface area contributed by atoms with Crippen LogP contribution in [-0.2, 0) is 46.9 Å². The maximum atomic E-state index is 12.4. The lowest BCUT2D eigenvalue weighted by atomic mass is 10.0. The van der Waals surface area contributed by atoms with Gasteiger partial charge in [-0.3, -0.25) is 19.9 Å². The average molecular weight is 1090 g/mol. The number of rotatable bonds is 24. The van der Waals surface area contributed by atoms with Crippen LogP contribution >= 0.6 is 0 Å². The molecule has 6 N–H and O–H groups in total. The summed E-state index contributed by atoms with van der Waals surface area (Å²) in [6, 6.07) is -3.50. The molecule has 4 aliphatic heterocycles. The monoisotopic (exact) mass is 1090 g/mol. The van der Waals surface area contributed by atoms with Gasteiger partial charge < -0.3 is 43.9 Å². The summed E-state index contributed by atoms with van der Waals surface area (Å²) in [6.45, 7) is 22.9. The molecule has 6 heterocycles.